The van der Waals surface area contributed by atoms with Gasteiger partial charge in [-0.25, -0.2) is 19.2 Å². The van der Waals surface area contributed by atoms with Crippen LogP contribution in [0.25, 0.3) is 17.1 Å². The quantitative estimate of drug-likeness (QED) is 0.461. The van der Waals surface area contributed by atoms with E-state index < -0.39 is 0 Å². The zero-order valence-corrected chi connectivity index (χ0v) is 22.8. The van der Waals surface area contributed by atoms with Gasteiger partial charge in [-0.3, -0.25) is 14.0 Å². The van der Waals surface area contributed by atoms with Gasteiger partial charge in [0.1, 0.15) is 5.82 Å². The molecule has 10 nitrogen and oxygen atoms in total. The number of ether oxygens (including phenoxy) is 2. The number of nitrogens with zero attached hydrogens (tertiary/aromatic N) is 5. The molecule has 3 N–H and O–H groups in total. The van der Waals surface area contributed by atoms with E-state index in [0.717, 1.165) is 64.8 Å². The first-order valence-electron chi connectivity index (χ1n) is 14.4. The first-order valence-corrected chi connectivity index (χ1v) is 14.4. The van der Waals surface area contributed by atoms with E-state index in [2.05, 4.69) is 15.2 Å². The van der Waals surface area contributed by atoms with Crippen molar-refractivity contribution in [1.82, 2.24) is 24.0 Å². The number of rotatable bonds is 7. The molecule has 0 bridgehead atoms. The van der Waals surface area contributed by atoms with E-state index >= 15 is 0 Å². The number of hydrogen-bond donors (Lipinski definition) is 2. The summed E-state index contributed by atoms with van der Waals surface area (Å²) >= 11 is 0. The Balaban J connectivity index is 1.30. The van der Waals surface area contributed by atoms with Crippen LogP contribution in [0, 0.1) is 5.82 Å². The molecule has 0 spiro atoms. The number of anilines is 1. The SMILES string of the molecule is NCc1c(-c2ccnc(N[C@H]3CC[C@H](N4CCOCC4)CC3)n2)n(-c2ccc(F)cc2)c(=O)n1C1CCOCC1. The monoisotopic (exact) mass is 551 g/mol. The highest BCUT2D eigenvalue weighted by molar-refractivity contribution is 5.63. The number of hydrogen-bond acceptors (Lipinski definition) is 8. The standard InChI is InChI=1S/C29H38FN7O3/c30-20-1-5-23(6-2-20)37-27(26(19-31)36(29(37)38)24-10-15-39-16-11-24)25-9-12-32-28(34-25)33-21-3-7-22(8-4-21)35-13-17-40-18-14-35/h1-2,5-6,9,12,21-22,24H,3-4,7-8,10-11,13-19,31H2,(H,32,33,34)/t21-,22-. The largest absolute Gasteiger partial charge is 0.381 e. The molecule has 1 aromatic carbocycles. The Morgan fingerprint density at radius 1 is 0.925 bits per heavy atom. The molecule has 0 amide bonds. The predicted molar refractivity (Wildman–Crippen MR) is 150 cm³/mol. The molecule has 6 rings (SSSR count). The number of imidazole rings is 1. The van der Waals surface area contributed by atoms with Crippen LogP contribution in [0.5, 0.6) is 0 Å². The summed E-state index contributed by atoms with van der Waals surface area (Å²) in [6.07, 6.45) is 7.52. The molecule has 214 valence electrons. The van der Waals surface area contributed by atoms with Gasteiger partial charge in [-0.05, 0) is 68.9 Å². The van der Waals surface area contributed by atoms with Gasteiger partial charge in [0, 0.05) is 57.2 Å². The number of benzene rings is 1. The minimum atomic E-state index is -0.363. The highest BCUT2D eigenvalue weighted by atomic mass is 19.1. The summed E-state index contributed by atoms with van der Waals surface area (Å²) in [7, 11) is 0. The molecule has 3 aliphatic rings. The molecule has 2 aromatic heterocycles. The van der Waals surface area contributed by atoms with Crippen molar-refractivity contribution in [1.29, 1.82) is 0 Å². The average Bonchev–Trinajstić information content (AvgIpc) is 3.31. The van der Waals surface area contributed by atoms with Crippen LogP contribution >= 0.6 is 0 Å². The summed E-state index contributed by atoms with van der Waals surface area (Å²) in [5.74, 6) is 0.172. The van der Waals surface area contributed by atoms with E-state index in [1.165, 1.54) is 12.1 Å². The van der Waals surface area contributed by atoms with Crippen molar-refractivity contribution in [3.05, 3.63) is 58.5 Å². The maximum Gasteiger partial charge on any atom is 0.333 e. The second-order valence-electron chi connectivity index (χ2n) is 10.9. The molecular formula is C29H38FN7O3. The van der Waals surface area contributed by atoms with Crippen molar-refractivity contribution in [2.75, 3.05) is 44.8 Å². The molecule has 0 atom stereocenters. The van der Waals surface area contributed by atoms with Gasteiger partial charge >= 0.3 is 5.69 Å². The Morgan fingerprint density at radius 3 is 2.33 bits per heavy atom. The molecule has 3 aromatic rings. The zero-order chi connectivity index (χ0) is 27.5. The molecule has 40 heavy (non-hydrogen) atoms. The minimum absolute atomic E-state index is 0.0265. The fraction of sp³-hybridized carbons (Fsp3) is 0.552. The van der Waals surface area contributed by atoms with Crippen LogP contribution < -0.4 is 16.7 Å². The Hall–Kier alpha value is -3.12. The molecule has 11 heteroatoms. The summed E-state index contributed by atoms with van der Waals surface area (Å²) in [5.41, 5.74) is 8.59. The highest BCUT2D eigenvalue weighted by Crippen LogP contribution is 2.31. The van der Waals surface area contributed by atoms with Crippen LogP contribution in [0.3, 0.4) is 0 Å². The van der Waals surface area contributed by atoms with Gasteiger partial charge < -0.3 is 20.5 Å². The number of nitrogens with two attached hydrogens (primary N) is 1. The van der Waals surface area contributed by atoms with Crippen molar-refractivity contribution in [2.24, 2.45) is 5.73 Å². The second-order valence-corrected chi connectivity index (χ2v) is 10.9. The normalized spacial score (nSPS) is 22.9. The summed E-state index contributed by atoms with van der Waals surface area (Å²) in [4.78, 5) is 25.9. The lowest BCUT2D eigenvalue weighted by molar-refractivity contribution is 0.00790. The van der Waals surface area contributed by atoms with Crippen molar-refractivity contribution < 1.29 is 13.9 Å². The van der Waals surface area contributed by atoms with Gasteiger partial charge in [0.25, 0.3) is 0 Å². The minimum Gasteiger partial charge on any atom is -0.381 e. The molecule has 1 saturated carbocycles. The van der Waals surface area contributed by atoms with Gasteiger partial charge in [0.2, 0.25) is 5.95 Å². The van der Waals surface area contributed by atoms with Crippen LogP contribution in [-0.2, 0) is 16.0 Å². The molecule has 3 fully saturated rings. The third-order valence-corrected chi connectivity index (χ3v) is 8.51. The van der Waals surface area contributed by atoms with Gasteiger partial charge in [-0.1, -0.05) is 0 Å². The van der Waals surface area contributed by atoms with E-state index in [9.17, 15) is 9.18 Å². The van der Waals surface area contributed by atoms with Gasteiger partial charge in [0.05, 0.1) is 36.0 Å². The average molecular weight is 552 g/mol. The number of morpholine rings is 1. The lowest BCUT2D eigenvalue weighted by Gasteiger charge is -2.38. The summed E-state index contributed by atoms with van der Waals surface area (Å²) < 4.78 is 28.3. The number of halogens is 1. The van der Waals surface area contributed by atoms with E-state index in [-0.39, 0.29) is 30.1 Å². The summed E-state index contributed by atoms with van der Waals surface area (Å²) in [5, 5.41) is 3.55. The Labute approximate surface area is 233 Å². The Bertz CT molecular complexity index is 1340. The number of aromatic nitrogens is 4. The van der Waals surface area contributed by atoms with Crippen molar-refractivity contribution in [2.45, 2.75) is 63.2 Å². The fourth-order valence-electron chi connectivity index (χ4n) is 6.44. The highest BCUT2D eigenvalue weighted by Gasteiger charge is 2.30. The summed E-state index contributed by atoms with van der Waals surface area (Å²) in [6, 6.07) is 8.62. The maximum atomic E-state index is 14.0. The lowest BCUT2D eigenvalue weighted by atomic mass is 9.90. The first kappa shape index (κ1) is 27.1. The molecular weight excluding hydrogens is 513 g/mol. The van der Waals surface area contributed by atoms with E-state index in [0.29, 0.717) is 48.0 Å². The van der Waals surface area contributed by atoms with Crippen molar-refractivity contribution in [3.63, 3.8) is 0 Å². The zero-order valence-electron chi connectivity index (χ0n) is 22.8. The van der Waals surface area contributed by atoms with Crippen LogP contribution in [-0.4, -0.2) is 75.6 Å². The fourth-order valence-corrected chi connectivity index (χ4v) is 6.44. The molecule has 2 aliphatic heterocycles. The van der Waals surface area contributed by atoms with E-state index in [1.54, 1.807) is 27.5 Å². The van der Waals surface area contributed by atoms with Crippen LogP contribution in [0.4, 0.5) is 10.3 Å². The van der Waals surface area contributed by atoms with Gasteiger partial charge in [-0.2, -0.15) is 0 Å². The van der Waals surface area contributed by atoms with E-state index in [4.69, 9.17) is 20.2 Å². The lowest BCUT2D eigenvalue weighted by Crippen LogP contribution is -2.46. The molecule has 1 aliphatic carbocycles. The third-order valence-electron chi connectivity index (χ3n) is 8.51. The Kier molecular flexibility index (Phi) is 8.24. The van der Waals surface area contributed by atoms with Crippen LogP contribution in [0.1, 0.15) is 50.3 Å². The maximum absolute atomic E-state index is 14.0. The first-order chi connectivity index (χ1) is 19.6. The third kappa shape index (κ3) is 5.56. The van der Waals surface area contributed by atoms with Crippen LogP contribution in [0.2, 0.25) is 0 Å². The van der Waals surface area contributed by atoms with E-state index in [1.807, 2.05) is 6.07 Å². The van der Waals surface area contributed by atoms with Gasteiger partial charge in [-0.15, -0.1) is 0 Å². The Morgan fingerprint density at radius 2 is 1.62 bits per heavy atom. The summed E-state index contributed by atoms with van der Waals surface area (Å²) in [6.45, 7) is 5.02. The van der Waals surface area contributed by atoms with Crippen molar-refractivity contribution >= 4 is 5.95 Å². The molecule has 4 heterocycles. The van der Waals surface area contributed by atoms with Gasteiger partial charge in [0.15, 0.2) is 0 Å². The topological polar surface area (TPSA) is 112 Å². The van der Waals surface area contributed by atoms with Crippen LogP contribution in [0.15, 0.2) is 41.3 Å². The van der Waals surface area contributed by atoms with Crippen molar-refractivity contribution in [3.8, 4) is 17.1 Å². The molecule has 0 radical (unpaired) electrons. The number of nitrogens with one attached hydrogen (secondary N) is 1. The molecule has 2 saturated heterocycles. The predicted octanol–water partition coefficient (Wildman–Crippen LogP) is 3.10. The molecule has 0 unspecified atom stereocenters. The smallest absolute Gasteiger partial charge is 0.333 e. The second kappa shape index (κ2) is 12.2.